The molecule has 31 heavy (non-hydrogen) atoms. The van der Waals surface area contributed by atoms with Crippen molar-refractivity contribution in [2.24, 2.45) is 4.99 Å². The molecule has 0 bridgehead atoms. The van der Waals surface area contributed by atoms with E-state index in [4.69, 9.17) is 9.73 Å². The summed E-state index contributed by atoms with van der Waals surface area (Å²) in [6.45, 7) is 0.975. The number of benzene rings is 1. The Morgan fingerprint density at radius 3 is 2.48 bits per heavy atom. The van der Waals surface area contributed by atoms with Gasteiger partial charge in [0.25, 0.3) is 5.91 Å². The summed E-state index contributed by atoms with van der Waals surface area (Å²) in [4.78, 5) is 18.2. The van der Waals surface area contributed by atoms with Crippen molar-refractivity contribution >= 4 is 15.9 Å². The summed E-state index contributed by atoms with van der Waals surface area (Å²) in [5.41, 5.74) is 0.883. The molecule has 0 unspecified atom stereocenters. The van der Waals surface area contributed by atoms with E-state index < -0.39 is 10.0 Å². The first kappa shape index (κ1) is 21.8. The maximum atomic E-state index is 13.4. The SMILES string of the molecule is COc1ccc(C(=O)n2ccccc2=NC2CCCCC2)cc1S(=O)(=O)N1CCCC1. The number of pyridine rings is 1. The molecule has 0 spiro atoms. The van der Waals surface area contributed by atoms with Gasteiger partial charge in [-0.1, -0.05) is 25.3 Å². The van der Waals surface area contributed by atoms with Crippen LogP contribution < -0.4 is 10.2 Å². The van der Waals surface area contributed by atoms with E-state index in [9.17, 15) is 13.2 Å². The van der Waals surface area contributed by atoms with Crippen molar-refractivity contribution in [3.05, 3.63) is 53.6 Å². The number of carbonyl (C=O) groups is 1. The lowest BCUT2D eigenvalue weighted by Crippen LogP contribution is -2.30. The molecule has 1 aromatic carbocycles. The van der Waals surface area contributed by atoms with Crippen LogP contribution in [0, 0.1) is 0 Å². The topological polar surface area (TPSA) is 81.0 Å². The molecular formula is C23H29N3O4S. The lowest BCUT2D eigenvalue weighted by Gasteiger charge is -2.19. The molecule has 8 heteroatoms. The highest BCUT2D eigenvalue weighted by molar-refractivity contribution is 7.89. The maximum absolute atomic E-state index is 13.4. The third-order valence-corrected chi connectivity index (χ3v) is 7.96. The summed E-state index contributed by atoms with van der Waals surface area (Å²) in [5.74, 6) is -0.0655. The van der Waals surface area contributed by atoms with Crippen LogP contribution in [-0.2, 0) is 10.0 Å². The van der Waals surface area contributed by atoms with Gasteiger partial charge in [-0.2, -0.15) is 4.31 Å². The average Bonchev–Trinajstić information content (AvgIpc) is 3.35. The Kier molecular flexibility index (Phi) is 6.57. The van der Waals surface area contributed by atoms with E-state index in [2.05, 4.69) is 0 Å². The molecule has 1 aromatic heterocycles. The molecular weight excluding hydrogens is 414 g/mol. The molecule has 1 aliphatic heterocycles. The molecule has 7 nitrogen and oxygen atoms in total. The molecule has 2 fully saturated rings. The van der Waals surface area contributed by atoms with Crippen LogP contribution in [0.1, 0.15) is 55.3 Å². The second-order valence-corrected chi connectivity index (χ2v) is 10.0. The molecule has 166 valence electrons. The molecule has 2 aliphatic rings. The summed E-state index contributed by atoms with van der Waals surface area (Å²) in [5, 5.41) is 0. The Balaban J connectivity index is 1.73. The molecule has 1 saturated heterocycles. The second-order valence-electron chi connectivity index (χ2n) is 8.13. The van der Waals surface area contributed by atoms with E-state index in [1.165, 1.54) is 28.5 Å². The third kappa shape index (κ3) is 4.60. The molecule has 0 amide bonds. The minimum Gasteiger partial charge on any atom is -0.495 e. The van der Waals surface area contributed by atoms with Crippen LogP contribution in [0.25, 0.3) is 0 Å². The minimum atomic E-state index is -3.73. The fraction of sp³-hybridized carbons (Fsp3) is 0.478. The van der Waals surface area contributed by atoms with Crippen molar-refractivity contribution in [1.82, 2.24) is 8.87 Å². The predicted octanol–water partition coefficient (Wildman–Crippen LogP) is 3.20. The number of carbonyl (C=O) groups excluding carboxylic acids is 1. The highest BCUT2D eigenvalue weighted by atomic mass is 32.2. The van der Waals surface area contributed by atoms with Crippen molar-refractivity contribution in [2.45, 2.75) is 55.9 Å². The standard InChI is InChI=1S/C23H29N3O4S/c1-30-20-13-12-18(17-21(20)31(28,29)25-14-7-8-15-25)23(27)26-16-6-5-11-22(26)24-19-9-3-2-4-10-19/h5-6,11-13,16-17,19H,2-4,7-10,14-15H2,1H3. The van der Waals surface area contributed by atoms with Gasteiger partial charge >= 0.3 is 0 Å². The van der Waals surface area contributed by atoms with Gasteiger partial charge in [0.2, 0.25) is 10.0 Å². The molecule has 0 radical (unpaired) electrons. The van der Waals surface area contributed by atoms with Crippen LogP contribution in [0.4, 0.5) is 0 Å². The minimum absolute atomic E-state index is 0.0325. The monoisotopic (exact) mass is 443 g/mol. The van der Waals surface area contributed by atoms with Gasteiger partial charge in [-0.05, 0) is 56.0 Å². The summed E-state index contributed by atoms with van der Waals surface area (Å²) >= 11 is 0. The van der Waals surface area contributed by atoms with Gasteiger partial charge in [0.05, 0.1) is 13.2 Å². The highest BCUT2D eigenvalue weighted by Gasteiger charge is 2.31. The zero-order chi connectivity index (χ0) is 21.8. The second kappa shape index (κ2) is 9.36. The zero-order valence-corrected chi connectivity index (χ0v) is 18.7. The van der Waals surface area contributed by atoms with Gasteiger partial charge in [-0.3, -0.25) is 14.4 Å². The summed E-state index contributed by atoms with van der Waals surface area (Å²) < 4.78 is 34.6. The number of ether oxygens (including phenoxy) is 1. The highest BCUT2D eigenvalue weighted by Crippen LogP contribution is 2.30. The van der Waals surface area contributed by atoms with Crippen LogP contribution >= 0.6 is 0 Å². The first-order valence-corrected chi connectivity index (χ1v) is 12.4. The summed E-state index contributed by atoms with van der Waals surface area (Å²) in [6, 6.07) is 10.3. The van der Waals surface area contributed by atoms with E-state index >= 15 is 0 Å². The van der Waals surface area contributed by atoms with Gasteiger partial charge in [-0.25, -0.2) is 8.42 Å². The smallest absolute Gasteiger partial charge is 0.263 e. The Morgan fingerprint density at radius 1 is 1.03 bits per heavy atom. The van der Waals surface area contributed by atoms with Crippen molar-refractivity contribution in [3.63, 3.8) is 0 Å². The van der Waals surface area contributed by atoms with E-state index in [0.29, 0.717) is 18.6 Å². The Bertz CT molecular complexity index is 1110. The van der Waals surface area contributed by atoms with Crippen molar-refractivity contribution in [2.75, 3.05) is 20.2 Å². The van der Waals surface area contributed by atoms with Crippen molar-refractivity contribution in [3.8, 4) is 5.75 Å². The molecule has 2 heterocycles. The quantitative estimate of drug-likeness (QED) is 0.711. The molecule has 2 aromatic rings. The Morgan fingerprint density at radius 2 is 1.77 bits per heavy atom. The summed E-state index contributed by atoms with van der Waals surface area (Å²) in [7, 11) is -2.29. The van der Waals surface area contributed by atoms with E-state index in [-0.39, 0.29) is 28.2 Å². The number of methoxy groups -OCH3 is 1. The van der Waals surface area contributed by atoms with Crippen LogP contribution in [0.2, 0.25) is 0 Å². The van der Waals surface area contributed by atoms with Gasteiger partial charge in [0, 0.05) is 24.8 Å². The van der Waals surface area contributed by atoms with Gasteiger partial charge in [-0.15, -0.1) is 0 Å². The van der Waals surface area contributed by atoms with E-state index in [0.717, 1.165) is 38.5 Å². The van der Waals surface area contributed by atoms with Gasteiger partial charge in [0.15, 0.2) is 0 Å². The number of hydrogen-bond donors (Lipinski definition) is 0. The van der Waals surface area contributed by atoms with E-state index in [1.807, 2.05) is 12.1 Å². The molecule has 1 aliphatic carbocycles. The van der Waals surface area contributed by atoms with Gasteiger partial charge in [0.1, 0.15) is 16.1 Å². The fourth-order valence-electron chi connectivity index (χ4n) is 4.33. The first-order chi connectivity index (χ1) is 15.0. The number of nitrogens with zero attached hydrogens (tertiary/aromatic N) is 3. The Labute approximate surface area is 183 Å². The third-order valence-electron chi connectivity index (χ3n) is 6.04. The number of aromatic nitrogens is 1. The maximum Gasteiger partial charge on any atom is 0.263 e. The molecule has 4 rings (SSSR count). The van der Waals surface area contributed by atoms with Gasteiger partial charge < -0.3 is 4.74 Å². The zero-order valence-electron chi connectivity index (χ0n) is 17.9. The largest absolute Gasteiger partial charge is 0.495 e. The summed E-state index contributed by atoms with van der Waals surface area (Å²) in [6.07, 6.45) is 8.98. The average molecular weight is 444 g/mol. The predicted molar refractivity (Wildman–Crippen MR) is 118 cm³/mol. The van der Waals surface area contributed by atoms with Crippen molar-refractivity contribution in [1.29, 1.82) is 0 Å². The van der Waals surface area contributed by atoms with E-state index in [1.54, 1.807) is 24.4 Å². The molecule has 0 atom stereocenters. The van der Waals surface area contributed by atoms with Crippen LogP contribution in [0.5, 0.6) is 5.75 Å². The number of sulfonamides is 1. The van der Waals surface area contributed by atoms with Crippen LogP contribution in [0.15, 0.2) is 52.5 Å². The normalized spacial score (nSPS) is 18.9. The van der Waals surface area contributed by atoms with Crippen LogP contribution in [-0.4, -0.2) is 49.4 Å². The van der Waals surface area contributed by atoms with Crippen molar-refractivity contribution < 1.29 is 17.9 Å². The lowest BCUT2D eigenvalue weighted by atomic mass is 9.96. The molecule has 0 N–H and O–H groups in total. The van der Waals surface area contributed by atoms with Crippen LogP contribution in [0.3, 0.4) is 0 Å². The fourth-order valence-corrected chi connectivity index (χ4v) is 6.02. The first-order valence-electron chi connectivity index (χ1n) is 10.9. The number of hydrogen-bond acceptors (Lipinski definition) is 5. The molecule has 1 saturated carbocycles. The lowest BCUT2D eigenvalue weighted by molar-refractivity contribution is 0.0954. The number of rotatable bonds is 5. The Hall–Kier alpha value is -2.45.